The number of methoxy groups -OCH3 is 1. The lowest BCUT2D eigenvalue weighted by Crippen LogP contribution is -2.39. The van der Waals surface area contributed by atoms with E-state index in [9.17, 15) is 22.8 Å². The van der Waals surface area contributed by atoms with Gasteiger partial charge in [-0.3, -0.25) is 5.32 Å². The van der Waals surface area contributed by atoms with Crippen LogP contribution in [0.4, 0.5) is 13.2 Å². The fourth-order valence-corrected chi connectivity index (χ4v) is 2.81. The molecule has 2 heterocycles. The first kappa shape index (κ1) is 18.7. The number of H-pyrrole nitrogens is 1. The number of halogens is 3. The Morgan fingerprint density at radius 3 is 2.64 bits per heavy atom. The highest BCUT2D eigenvalue weighted by molar-refractivity contribution is 5.95. The van der Waals surface area contributed by atoms with Gasteiger partial charge in [-0.2, -0.15) is 13.2 Å². The summed E-state index contributed by atoms with van der Waals surface area (Å²) in [7, 11) is 1.49. The zero-order valence-electron chi connectivity index (χ0n) is 13.0. The molecule has 1 atom stereocenters. The standard InChI is InChI=1S/C15H13F3N2O4.H2O/c1-23-9-4-2-3-7-8-5-6-19-12(11(8)20-10(7)9)13(21)24-14(22)15(16,17)18;/h2-4,12,19-20H,5-6H2,1H3;1H2. The van der Waals surface area contributed by atoms with Gasteiger partial charge in [0.05, 0.1) is 12.6 Å². The van der Waals surface area contributed by atoms with Gasteiger partial charge in [0, 0.05) is 17.6 Å². The van der Waals surface area contributed by atoms with E-state index in [-0.39, 0.29) is 5.48 Å². The second-order valence-corrected chi connectivity index (χ2v) is 5.24. The first-order valence-corrected chi connectivity index (χ1v) is 7.06. The van der Waals surface area contributed by atoms with E-state index >= 15 is 0 Å². The van der Waals surface area contributed by atoms with Crippen LogP contribution in [-0.2, 0) is 20.7 Å². The first-order chi connectivity index (χ1) is 11.3. The number of hydrogen-bond acceptors (Lipinski definition) is 5. The fourth-order valence-electron chi connectivity index (χ4n) is 2.81. The Morgan fingerprint density at radius 1 is 1.28 bits per heavy atom. The summed E-state index contributed by atoms with van der Waals surface area (Å²) in [5.41, 5.74) is 1.79. The Hall–Kier alpha value is -2.59. The summed E-state index contributed by atoms with van der Waals surface area (Å²) in [6.45, 7) is 0.358. The summed E-state index contributed by atoms with van der Waals surface area (Å²) < 4.78 is 46.0. The van der Waals surface area contributed by atoms with E-state index in [1.807, 2.05) is 6.07 Å². The molecule has 2 aromatic rings. The maximum Gasteiger partial charge on any atom is 0.491 e. The lowest BCUT2D eigenvalue weighted by molar-refractivity contribution is -0.202. The zero-order valence-corrected chi connectivity index (χ0v) is 13.0. The molecule has 0 saturated heterocycles. The number of alkyl halides is 3. The largest absolute Gasteiger partial charge is 0.495 e. The van der Waals surface area contributed by atoms with Crippen LogP contribution in [0.15, 0.2) is 18.2 Å². The van der Waals surface area contributed by atoms with E-state index in [4.69, 9.17) is 4.74 Å². The molecule has 0 radical (unpaired) electrons. The van der Waals surface area contributed by atoms with Gasteiger partial charge in [0.2, 0.25) is 0 Å². The van der Waals surface area contributed by atoms with Crippen LogP contribution in [0.25, 0.3) is 10.9 Å². The molecule has 1 unspecified atom stereocenters. The molecule has 25 heavy (non-hydrogen) atoms. The Kier molecular flexibility index (Phi) is 5.04. The quantitative estimate of drug-likeness (QED) is 0.617. The average Bonchev–Trinajstić information content (AvgIpc) is 2.92. The summed E-state index contributed by atoms with van der Waals surface area (Å²) in [5.74, 6) is -3.29. The number of hydrogen-bond donors (Lipinski definition) is 2. The Balaban J connectivity index is 0.00000225. The predicted octanol–water partition coefficient (Wildman–Crippen LogP) is 1.17. The maximum atomic E-state index is 12.3. The van der Waals surface area contributed by atoms with Gasteiger partial charge in [-0.15, -0.1) is 0 Å². The molecule has 136 valence electrons. The predicted molar refractivity (Wildman–Crippen MR) is 80.1 cm³/mol. The zero-order chi connectivity index (χ0) is 17.5. The van der Waals surface area contributed by atoms with Crippen LogP contribution in [0.5, 0.6) is 5.75 Å². The highest BCUT2D eigenvalue weighted by atomic mass is 19.4. The SMILES string of the molecule is COc1cccc2c3c([nH]c12)C(C(=O)OC(=O)C(F)(F)F)NCC3.O. The molecule has 1 aliphatic heterocycles. The molecule has 0 aliphatic carbocycles. The van der Waals surface area contributed by atoms with Crippen LogP contribution in [-0.4, -0.2) is 42.2 Å². The van der Waals surface area contributed by atoms with Crippen molar-refractivity contribution in [3.63, 3.8) is 0 Å². The Morgan fingerprint density at radius 2 is 2.00 bits per heavy atom. The second kappa shape index (κ2) is 6.73. The van der Waals surface area contributed by atoms with E-state index in [1.54, 1.807) is 12.1 Å². The fraction of sp³-hybridized carbons (Fsp3) is 0.333. The minimum Gasteiger partial charge on any atom is -0.495 e. The monoisotopic (exact) mass is 360 g/mol. The summed E-state index contributed by atoms with van der Waals surface area (Å²) in [6.07, 6.45) is -4.66. The van der Waals surface area contributed by atoms with Gasteiger partial charge in [-0.25, -0.2) is 9.59 Å². The van der Waals surface area contributed by atoms with Crippen molar-refractivity contribution in [2.75, 3.05) is 13.7 Å². The van der Waals surface area contributed by atoms with E-state index < -0.39 is 24.2 Å². The van der Waals surface area contributed by atoms with E-state index in [2.05, 4.69) is 15.0 Å². The number of para-hydroxylation sites is 1. The number of carbonyl (C=O) groups excluding carboxylic acids is 2. The number of nitrogens with one attached hydrogen (secondary N) is 2. The minimum absolute atomic E-state index is 0. The molecule has 10 heteroatoms. The van der Waals surface area contributed by atoms with Gasteiger partial charge < -0.3 is 19.9 Å². The number of aromatic amines is 1. The number of ether oxygens (including phenoxy) is 2. The molecule has 0 spiro atoms. The lowest BCUT2D eigenvalue weighted by atomic mass is 9.99. The van der Waals surface area contributed by atoms with Crippen LogP contribution < -0.4 is 10.1 Å². The Bertz CT molecular complexity index is 815. The van der Waals surface area contributed by atoms with Crippen LogP contribution in [0.1, 0.15) is 17.3 Å². The smallest absolute Gasteiger partial charge is 0.491 e. The van der Waals surface area contributed by atoms with Crippen LogP contribution in [0, 0.1) is 0 Å². The van der Waals surface area contributed by atoms with Crippen molar-refractivity contribution < 1.29 is 37.7 Å². The molecular weight excluding hydrogens is 345 g/mol. The van der Waals surface area contributed by atoms with Gasteiger partial charge in [0.15, 0.2) is 0 Å². The summed E-state index contributed by atoms with van der Waals surface area (Å²) in [5, 5.41) is 3.58. The molecular formula is C15H15F3N2O5. The van der Waals surface area contributed by atoms with Crippen molar-refractivity contribution in [3.8, 4) is 5.75 Å². The molecule has 7 nitrogen and oxygen atoms in total. The number of aromatic nitrogens is 1. The number of fused-ring (bicyclic) bond motifs is 3. The van der Waals surface area contributed by atoms with Crippen molar-refractivity contribution in [2.45, 2.75) is 18.6 Å². The van der Waals surface area contributed by atoms with Gasteiger partial charge in [-0.1, -0.05) is 12.1 Å². The Labute approximate surface area is 139 Å². The number of benzene rings is 1. The number of rotatable bonds is 2. The van der Waals surface area contributed by atoms with E-state index in [0.29, 0.717) is 29.9 Å². The van der Waals surface area contributed by atoms with Crippen molar-refractivity contribution in [2.24, 2.45) is 0 Å². The topological polar surface area (TPSA) is 112 Å². The van der Waals surface area contributed by atoms with Crippen LogP contribution in [0.3, 0.4) is 0 Å². The number of esters is 2. The minimum atomic E-state index is -5.23. The summed E-state index contributed by atoms with van der Waals surface area (Å²) >= 11 is 0. The third kappa shape index (κ3) is 3.30. The lowest BCUT2D eigenvalue weighted by Gasteiger charge is -2.22. The molecule has 1 aromatic carbocycles. The highest BCUT2D eigenvalue weighted by Gasteiger charge is 2.44. The summed E-state index contributed by atoms with van der Waals surface area (Å²) in [4.78, 5) is 25.9. The summed E-state index contributed by atoms with van der Waals surface area (Å²) in [6, 6.07) is 4.13. The maximum absolute atomic E-state index is 12.3. The molecule has 3 rings (SSSR count). The van der Waals surface area contributed by atoms with Crippen molar-refractivity contribution >= 4 is 22.8 Å². The molecule has 0 amide bonds. The third-order valence-electron chi connectivity index (χ3n) is 3.83. The van der Waals surface area contributed by atoms with Crippen molar-refractivity contribution in [1.29, 1.82) is 0 Å². The molecule has 1 aliphatic rings. The molecule has 0 bridgehead atoms. The second-order valence-electron chi connectivity index (χ2n) is 5.24. The van der Waals surface area contributed by atoms with E-state index in [1.165, 1.54) is 7.11 Å². The molecule has 4 N–H and O–H groups in total. The first-order valence-electron chi connectivity index (χ1n) is 7.06. The average molecular weight is 360 g/mol. The highest BCUT2D eigenvalue weighted by Crippen LogP contribution is 2.35. The van der Waals surface area contributed by atoms with Crippen LogP contribution in [0.2, 0.25) is 0 Å². The normalized spacial score (nSPS) is 16.7. The van der Waals surface area contributed by atoms with Crippen LogP contribution >= 0.6 is 0 Å². The molecule has 0 saturated carbocycles. The molecule has 0 fully saturated rings. The van der Waals surface area contributed by atoms with Gasteiger partial charge in [-0.05, 0) is 18.1 Å². The van der Waals surface area contributed by atoms with Gasteiger partial charge in [0.1, 0.15) is 11.8 Å². The van der Waals surface area contributed by atoms with Crippen molar-refractivity contribution in [1.82, 2.24) is 10.3 Å². The van der Waals surface area contributed by atoms with Crippen molar-refractivity contribution in [3.05, 3.63) is 29.5 Å². The molecule has 1 aromatic heterocycles. The number of carbonyl (C=O) groups is 2. The third-order valence-corrected chi connectivity index (χ3v) is 3.83. The van der Waals surface area contributed by atoms with Gasteiger partial charge >= 0.3 is 18.1 Å². The van der Waals surface area contributed by atoms with Gasteiger partial charge in [0.25, 0.3) is 0 Å². The van der Waals surface area contributed by atoms with E-state index in [0.717, 1.165) is 10.9 Å².